The van der Waals surface area contributed by atoms with Crippen LogP contribution in [0.4, 0.5) is 0 Å². The standard InChI is InChI=1S/C17H22N2O3S/c1-12-15(16(20)22-11-10-21-2)14(19-17(23)18-12)9-8-13-6-4-3-5-7-13/h3-7,14H,8-11H2,1-2H3,(H2,18,19,23). The van der Waals surface area contributed by atoms with Gasteiger partial charge in [0.1, 0.15) is 6.61 Å². The van der Waals surface area contributed by atoms with Crippen LogP contribution in [-0.2, 0) is 20.7 Å². The Morgan fingerprint density at radius 3 is 2.70 bits per heavy atom. The Kier molecular flexibility index (Phi) is 6.55. The van der Waals surface area contributed by atoms with Crippen molar-refractivity contribution in [2.75, 3.05) is 20.3 Å². The predicted octanol–water partition coefficient (Wildman–Crippen LogP) is 1.93. The fourth-order valence-corrected chi connectivity index (χ4v) is 2.82. The van der Waals surface area contributed by atoms with E-state index in [-0.39, 0.29) is 18.6 Å². The quantitative estimate of drug-likeness (QED) is 0.451. The number of hydrogen-bond acceptors (Lipinski definition) is 4. The number of hydrogen-bond donors (Lipinski definition) is 2. The van der Waals surface area contributed by atoms with Crippen LogP contribution in [0.2, 0.25) is 0 Å². The van der Waals surface area contributed by atoms with E-state index in [4.69, 9.17) is 21.7 Å². The van der Waals surface area contributed by atoms with Crippen LogP contribution < -0.4 is 10.6 Å². The van der Waals surface area contributed by atoms with Gasteiger partial charge in [0.25, 0.3) is 0 Å². The van der Waals surface area contributed by atoms with E-state index in [0.717, 1.165) is 18.5 Å². The molecule has 1 unspecified atom stereocenters. The van der Waals surface area contributed by atoms with Gasteiger partial charge >= 0.3 is 5.97 Å². The van der Waals surface area contributed by atoms with Gasteiger partial charge in [0.2, 0.25) is 0 Å². The highest BCUT2D eigenvalue weighted by Gasteiger charge is 2.29. The van der Waals surface area contributed by atoms with Crippen LogP contribution in [0.25, 0.3) is 0 Å². The third kappa shape index (κ3) is 5.04. The highest BCUT2D eigenvalue weighted by atomic mass is 32.1. The lowest BCUT2D eigenvalue weighted by Crippen LogP contribution is -2.50. The van der Waals surface area contributed by atoms with Gasteiger partial charge in [-0.25, -0.2) is 4.79 Å². The Labute approximate surface area is 142 Å². The molecule has 1 atom stereocenters. The SMILES string of the molecule is COCCOC(=O)C1=C(C)NC(=S)NC1CCc1ccccc1. The molecule has 0 spiro atoms. The summed E-state index contributed by atoms with van der Waals surface area (Å²) in [5.41, 5.74) is 2.57. The average Bonchev–Trinajstić information content (AvgIpc) is 2.53. The fourth-order valence-electron chi connectivity index (χ4n) is 2.53. The molecule has 0 bridgehead atoms. The first-order chi connectivity index (χ1) is 11.1. The minimum atomic E-state index is -0.333. The van der Waals surface area contributed by atoms with Crippen molar-refractivity contribution in [1.82, 2.24) is 10.6 Å². The van der Waals surface area contributed by atoms with Crippen molar-refractivity contribution in [3.63, 3.8) is 0 Å². The fraction of sp³-hybridized carbons (Fsp3) is 0.412. The number of allylic oxidation sites excluding steroid dienone is 1. The van der Waals surface area contributed by atoms with E-state index < -0.39 is 0 Å². The summed E-state index contributed by atoms with van der Waals surface area (Å²) < 4.78 is 10.2. The second-order valence-corrected chi connectivity index (χ2v) is 5.75. The molecule has 1 aliphatic heterocycles. The van der Waals surface area contributed by atoms with Gasteiger partial charge in [-0.1, -0.05) is 30.3 Å². The highest BCUT2D eigenvalue weighted by Crippen LogP contribution is 2.18. The summed E-state index contributed by atoms with van der Waals surface area (Å²) in [7, 11) is 1.57. The Hall–Kier alpha value is -1.92. The number of rotatable bonds is 7. The minimum absolute atomic E-state index is 0.154. The number of carbonyl (C=O) groups excluding carboxylic acids is 1. The Balaban J connectivity index is 2.06. The zero-order valence-corrected chi connectivity index (χ0v) is 14.2. The van der Waals surface area contributed by atoms with Crippen molar-refractivity contribution in [3.8, 4) is 0 Å². The maximum Gasteiger partial charge on any atom is 0.337 e. The van der Waals surface area contributed by atoms with Crippen LogP contribution in [0.1, 0.15) is 18.9 Å². The number of esters is 1. The molecule has 2 rings (SSSR count). The largest absolute Gasteiger partial charge is 0.460 e. The number of benzene rings is 1. The molecule has 0 aliphatic carbocycles. The average molecular weight is 334 g/mol. The number of thiocarbonyl (C=S) groups is 1. The second kappa shape index (κ2) is 8.64. The van der Waals surface area contributed by atoms with E-state index in [2.05, 4.69) is 22.8 Å². The Bertz CT molecular complexity index is 587. The van der Waals surface area contributed by atoms with E-state index in [0.29, 0.717) is 17.3 Å². The maximum absolute atomic E-state index is 12.4. The van der Waals surface area contributed by atoms with E-state index >= 15 is 0 Å². The van der Waals surface area contributed by atoms with Crippen molar-refractivity contribution in [2.24, 2.45) is 0 Å². The Morgan fingerprint density at radius 1 is 1.26 bits per heavy atom. The van der Waals surface area contributed by atoms with Gasteiger partial charge in [-0.15, -0.1) is 0 Å². The topological polar surface area (TPSA) is 59.6 Å². The van der Waals surface area contributed by atoms with E-state index in [1.165, 1.54) is 5.56 Å². The summed E-state index contributed by atoms with van der Waals surface area (Å²) in [5.74, 6) is -0.333. The van der Waals surface area contributed by atoms with Gasteiger partial charge in [0.15, 0.2) is 5.11 Å². The van der Waals surface area contributed by atoms with E-state index in [1.807, 2.05) is 25.1 Å². The molecule has 124 valence electrons. The van der Waals surface area contributed by atoms with Gasteiger partial charge in [-0.05, 0) is 37.5 Å². The number of ether oxygens (including phenoxy) is 2. The van der Waals surface area contributed by atoms with Crippen LogP contribution in [0, 0.1) is 0 Å². The summed E-state index contributed by atoms with van der Waals surface area (Å²) in [6.07, 6.45) is 1.61. The molecule has 23 heavy (non-hydrogen) atoms. The lowest BCUT2D eigenvalue weighted by molar-refractivity contribution is -0.140. The van der Waals surface area contributed by atoms with Crippen LogP contribution in [0.15, 0.2) is 41.6 Å². The van der Waals surface area contributed by atoms with Gasteiger partial charge in [0.05, 0.1) is 18.2 Å². The summed E-state index contributed by atoms with van der Waals surface area (Å²) in [4.78, 5) is 12.4. The minimum Gasteiger partial charge on any atom is -0.460 e. The normalized spacial score (nSPS) is 17.5. The van der Waals surface area contributed by atoms with Crippen LogP contribution in [0.5, 0.6) is 0 Å². The molecule has 0 saturated carbocycles. The molecule has 6 heteroatoms. The molecular formula is C17H22N2O3S. The lowest BCUT2D eigenvalue weighted by Gasteiger charge is -2.29. The molecule has 0 saturated heterocycles. The van der Waals surface area contributed by atoms with E-state index in [9.17, 15) is 4.79 Å². The van der Waals surface area contributed by atoms with Crippen LogP contribution in [-0.4, -0.2) is 37.4 Å². The molecule has 2 N–H and O–H groups in total. The molecular weight excluding hydrogens is 312 g/mol. The molecule has 0 aromatic heterocycles. The van der Waals surface area contributed by atoms with Gasteiger partial charge in [-0.2, -0.15) is 0 Å². The highest BCUT2D eigenvalue weighted by molar-refractivity contribution is 7.80. The van der Waals surface area contributed by atoms with Crippen molar-refractivity contribution in [3.05, 3.63) is 47.2 Å². The van der Waals surface area contributed by atoms with Gasteiger partial charge < -0.3 is 20.1 Å². The van der Waals surface area contributed by atoms with Crippen molar-refractivity contribution in [2.45, 2.75) is 25.8 Å². The molecule has 1 aliphatic rings. The van der Waals surface area contributed by atoms with Crippen molar-refractivity contribution in [1.29, 1.82) is 0 Å². The first kappa shape index (κ1) is 17.4. The third-order valence-electron chi connectivity index (χ3n) is 3.66. The molecule has 1 aromatic rings. The molecule has 0 amide bonds. The second-order valence-electron chi connectivity index (χ2n) is 5.34. The first-order valence-corrected chi connectivity index (χ1v) is 8.01. The van der Waals surface area contributed by atoms with Gasteiger partial charge in [0, 0.05) is 12.8 Å². The Morgan fingerprint density at radius 2 is 2.00 bits per heavy atom. The zero-order chi connectivity index (χ0) is 16.7. The first-order valence-electron chi connectivity index (χ1n) is 7.60. The number of nitrogens with one attached hydrogen (secondary N) is 2. The number of aryl methyl sites for hydroxylation is 1. The summed E-state index contributed by atoms with van der Waals surface area (Å²) in [6.45, 7) is 2.46. The zero-order valence-electron chi connectivity index (χ0n) is 13.4. The van der Waals surface area contributed by atoms with Crippen LogP contribution >= 0.6 is 12.2 Å². The summed E-state index contributed by atoms with van der Waals surface area (Å²) >= 11 is 5.21. The van der Waals surface area contributed by atoms with Gasteiger partial charge in [-0.3, -0.25) is 0 Å². The summed E-state index contributed by atoms with van der Waals surface area (Å²) in [6, 6.07) is 10.0. The maximum atomic E-state index is 12.4. The monoisotopic (exact) mass is 334 g/mol. The number of carbonyl (C=O) groups is 1. The molecule has 1 aromatic carbocycles. The van der Waals surface area contributed by atoms with Crippen molar-refractivity contribution >= 4 is 23.3 Å². The lowest BCUT2D eigenvalue weighted by atomic mass is 9.96. The molecule has 1 heterocycles. The van der Waals surface area contributed by atoms with E-state index in [1.54, 1.807) is 7.11 Å². The van der Waals surface area contributed by atoms with Crippen molar-refractivity contribution < 1.29 is 14.3 Å². The third-order valence-corrected chi connectivity index (χ3v) is 3.88. The molecule has 0 radical (unpaired) electrons. The molecule has 0 fully saturated rings. The summed E-state index contributed by atoms with van der Waals surface area (Å²) in [5, 5.41) is 6.70. The predicted molar refractivity (Wildman–Crippen MR) is 93.0 cm³/mol. The number of methoxy groups -OCH3 is 1. The van der Waals surface area contributed by atoms with Crippen LogP contribution in [0.3, 0.4) is 0 Å². The smallest absolute Gasteiger partial charge is 0.337 e. The molecule has 5 nitrogen and oxygen atoms in total.